The van der Waals surface area contributed by atoms with Crippen molar-refractivity contribution in [3.05, 3.63) is 86.1 Å². The minimum absolute atomic E-state index is 0.182. The SMILES string of the molecule is Cc1cc(Cl)c(=O)n(Cc2ccc(CNc3cc(Cl)ncn3)cc2)c1. The monoisotopic (exact) mass is 374 g/mol. The van der Waals surface area contributed by atoms with Gasteiger partial charge in [-0.2, -0.15) is 0 Å². The molecule has 3 aromatic rings. The van der Waals surface area contributed by atoms with Gasteiger partial charge in [0.05, 0.1) is 6.54 Å². The number of hydrogen-bond acceptors (Lipinski definition) is 4. The number of aromatic nitrogens is 3. The van der Waals surface area contributed by atoms with Gasteiger partial charge in [-0.05, 0) is 29.7 Å². The van der Waals surface area contributed by atoms with Crippen molar-refractivity contribution in [3.8, 4) is 0 Å². The number of benzene rings is 1. The van der Waals surface area contributed by atoms with Gasteiger partial charge in [-0.3, -0.25) is 4.79 Å². The molecule has 0 amide bonds. The van der Waals surface area contributed by atoms with E-state index in [0.29, 0.717) is 24.1 Å². The van der Waals surface area contributed by atoms with Gasteiger partial charge in [0, 0.05) is 18.8 Å². The minimum Gasteiger partial charge on any atom is -0.366 e. The van der Waals surface area contributed by atoms with E-state index in [1.807, 2.05) is 37.4 Å². The summed E-state index contributed by atoms with van der Waals surface area (Å²) in [5, 5.41) is 3.83. The highest BCUT2D eigenvalue weighted by Crippen LogP contribution is 2.12. The summed E-state index contributed by atoms with van der Waals surface area (Å²) in [6, 6.07) is 11.3. The topological polar surface area (TPSA) is 59.8 Å². The summed E-state index contributed by atoms with van der Waals surface area (Å²) >= 11 is 11.8. The number of aryl methyl sites for hydroxylation is 1. The number of rotatable bonds is 5. The summed E-state index contributed by atoms with van der Waals surface area (Å²) < 4.78 is 1.62. The Bertz CT molecular complexity index is 939. The Morgan fingerprint density at radius 3 is 2.52 bits per heavy atom. The molecule has 25 heavy (non-hydrogen) atoms. The van der Waals surface area contributed by atoms with Crippen molar-refractivity contribution in [2.24, 2.45) is 0 Å². The fourth-order valence-corrected chi connectivity index (χ4v) is 2.87. The van der Waals surface area contributed by atoms with Gasteiger partial charge in [-0.15, -0.1) is 0 Å². The molecular formula is C18H16Cl2N4O. The number of halogens is 2. The fraction of sp³-hybridized carbons (Fsp3) is 0.167. The van der Waals surface area contributed by atoms with E-state index in [2.05, 4.69) is 15.3 Å². The van der Waals surface area contributed by atoms with Crippen molar-refractivity contribution in [1.29, 1.82) is 0 Å². The van der Waals surface area contributed by atoms with Crippen molar-refractivity contribution in [1.82, 2.24) is 14.5 Å². The number of pyridine rings is 1. The van der Waals surface area contributed by atoms with Gasteiger partial charge in [-0.1, -0.05) is 47.5 Å². The molecule has 0 saturated heterocycles. The third-order valence-electron chi connectivity index (χ3n) is 3.66. The predicted molar refractivity (Wildman–Crippen MR) is 100 cm³/mol. The highest BCUT2D eigenvalue weighted by molar-refractivity contribution is 6.30. The van der Waals surface area contributed by atoms with E-state index in [-0.39, 0.29) is 10.6 Å². The van der Waals surface area contributed by atoms with E-state index in [4.69, 9.17) is 23.2 Å². The molecule has 0 fully saturated rings. The Kier molecular flexibility index (Phi) is 5.36. The van der Waals surface area contributed by atoms with Gasteiger partial charge in [0.15, 0.2) is 0 Å². The van der Waals surface area contributed by atoms with Gasteiger partial charge in [-0.25, -0.2) is 9.97 Å². The molecular weight excluding hydrogens is 359 g/mol. The number of anilines is 1. The van der Waals surface area contributed by atoms with E-state index >= 15 is 0 Å². The number of hydrogen-bond donors (Lipinski definition) is 1. The van der Waals surface area contributed by atoms with E-state index in [0.717, 1.165) is 16.7 Å². The molecule has 0 bridgehead atoms. The van der Waals surface area contributed by atoms with E-state index in [1.54, 1.807) is 16.7 Å². The third-order valence-corrected chi connectivity index (χ3v) is 4.14. The smallest absolute Gasteiger partial charge is 0.269 e. The largest absolute Gasteiger partial charge is 0.366 e. The molecule has 0 unspecified atom stereocenters. The van der Waals surface area contributed by atoms with Gasteiger partial charge >= 0.3 is 0 Å². The molecule has 7 heteroatoms. The second-order valence-electron chi connectivity index (χ2n) is 5.69. The molecule has 0 aliphatic carbocycles. The summed E-state index contributed by atoms with van der Waals surface area (Å²) in [5.74, 6) is 0.671. The molecule has 0 saturated carbocycles. The summed E-state index contributed by atoms with van der Waals surface area (Å²) in [6.07, 6.45) is 3.22. The third kappa shape index (κ3) is 4.59. The van der Waals surface area contributed by atoms with Gasteiger partial charge in [0.1, 0.15) is 22.3 Å². The summed E-state index contributed by atoms with van der Waals surface area (Å²) in [5.41, 5.74) is 2.89. The van der Waals surface area contributed by atoms with Crippen LogP contribution in [0.2, 0.25) is 10.2 Å². The average molecular weight is 375 g/mol. The molecule has 0 aliphatic rings. The lowest BCUT2D eigenvalue weighted by atomic mass is 10.1. The maximum atomic E-state index is 12.1. The van der Waals surface area contributed by atoms with Crippen LogP contribution in [0.25, 0.3) is 0 Å². The van der Waals surface area contributed by atoms with Crippen LogP contribution in [0.4, 0.5) is 5.82 Å². The lowest BCUT2D eigenvalue weighted by Crippen LogP contribution is -2.20. The lowest BCUT2D eigenvalue weighted by molar-refractivity contribution is 0.754. The molecule has 0 atom stereocenters. The Hall–Kier alpha value is -2.37. The fourth-order valence-electron chi connectivity index (χ4n) is 2.44. The summed E-state index contributed by atoms with van der Waals surface area (Å²) in [6.45, 7) is 3.01. The van der Waals surface area contributed by atoms with Crippen molar-refractivity contribution in [2.45, 2.75) is 20.0 Å². The number of nitrogens with one attached hydrogen (secondary N) is 1. The van der Waals surface area contributed by atoms with Crippen molar-refractivity contribution in [2.75, 3.05) is 5.32 Å². The number of nitrogens with zero attached hydrogens (tertiary/aromatic N) is 3. The average Bonchev–Trinajstić information content (AvgIpc) is 2.59. The summed E-state index contributed by atoms with van der Waals surface area (Å²) in [4.78, 5) is 20.0. The Morgan fingerprint density at radius 1 is 1.08 bits per heavy atom. The zero-order valence-corrected chi connectivity index (χ0v) is 15.1. The first-order chi connectivity index (χ1) is 12.0. The van der Waals surface area contributed by atoms with Crippen LogP contribution >= 0.6 is 23.2 Å². The van der Waals surface area contributed by atoms with E-state index in [1.165, 1.54) is 6.33 Å². The second kappa shape index (κ2) is 7.68. The molecule has 3 rings (SSSR count). The molecule has 0 spiro atoms. The van der Waals surface area contributed by atoms with Crippen LogP contribution < -0.4 is 10.9 Å². The zero-order chi connectivity index (χ0) is 17.8. The van der Waals surface area contributed by atoms with Crippen LogP contribution in [0.3, 0.4) is 0 Å². The first-order valence-electron chi connectivity index (χ1n) is 7.67. The van der Waals surface area contributed by atoms with Crippen molar-refractivity contribution >= 4 is 29.0 Å². The predicted octanol–water partition coefficient (Wildman–Crippen LogP) is 3.91. The molecule has 2 heterocycles. The first kappa shape index (κ1) is 17.5. The van der Waals surface area contributed by atoms with Crippen molar-refractivity contribution in [3.63, 3.8) is 0 Å². The van der Waals surface area contributed by atoms with Crippen LogP contribution in [0, 0.1) is 6.92 Å². The molecule has 0 aliphatic heterocycles. The lowest BCUT2D eigenvalue weighted by Gasteiger charge is -2.09. The molecule has 5 nitrogen and oxygen atoms in total. The van der Waals surface area contributed by atoms with Gasteiger partial charge in [0.2, 0.25) is 0 Å². The van der Waals surface area contributed by atoms with Crippen LogP contribution in [0.5, 0.6) is 0 Å². The van der Waals surface area contributed by atoms with Crippen LogP contribution in [-0.4, -0.2) is 14.5 Å². The Labute approximate surface area is 155 Å². The Morgan fingerprint density at radius 2 is 1.80 bits per heavy atom. The molecule has 128 valence electrons. The second-order valence-corrected chi connectivity index (χ2v) is 6.49. The maximum absolute atomic E-state index is 12.1. The Balaban J connectivity index is 1.67. The van der Waals surface area contributed by atoms with Crippen LogP contribution in [-0.2, 0) is 13.1 Å². The zero-order valence-electron chi connectivity index (χ0n) is 13.5. The minimum atomic E-state index is -0.182. The highest BCUT2D eigenvalue weighted by Gasteiger charge is 2.04. The van der Waals surface area contributed by atoms with Crippen molar-refractivity contribution < 1.29 is 0 Å². The van der Waals surface area contributed by atoms with E-state index in [9.17, 15) is 4.79 Å². The van der Waals surface area contributed by atoms with Gasteiger partial charge in [0.25, 0.3) is 5.56 Å². The molecule has 1 N–H and O–H groups in total. The highest BCUT2D eigenvalue weighted by atomic mass is 35.5. The van der Waals surface area contributed by atoms with Crippen LogP contribution in [0.15, 0.2) is 53.7 Å². The first-order valence-corrected chi connectivity index (χ1v) is 8.43. The summed E-state index contributed by atoms with van der Waals surface area (Å²) in [7, 11) is 0. The van der Waals surface area contributed by atoms with E-state index < -0.39 is 0 Å². The standard InChI is InChI=1S/C18H16Cl2N4O/c1-12-6-15(19)18(25)24(9-12)10-14-4-2-13(3-5-14)8-21-17-7-16(20)22-11-23-17/h2-7,9,11H,8,10H2,1H3,(H,21,22,23). The quantitative estimate of drug-likeness (QED) is 0.687. The molecule has 0 radical (unpaired) electrons. The maximum Gasteiger partial charge on any atom is 0.269 e. The normalized spacial score (nSPS) is 10.7. The molecule has 1 aromatic carbocycles. The van der Waals surface area contributed by atoms with Crippen LogP contribution in [0.1, 0.15) is 16.7 Å². The molecule has 2 aromatic heterocycles. The van der Waals surface area contributed by atoms with Gasteiger partial charge < -0.3 is 9.88 Å².